The van der Waals surface area contributed by atoms with Gasteiger partial charge in [0, 0.05) is 10.0 Å². The third-order valence-electron chi connectivity index (χ3n) is 2.78. The summed E-state index contributed by atoms with van der Waals surface area (Å²) < 4.78 is 5.90. The number of carboxylic acid groups (broad SMARTS) is 1. The van der Waals surface area contributed by atoms with Crippen LogP contribution in [0.15, 0.2) is 46.9 Å². The number of nitrogens with one attached hydrogen (secondary N) is 1. The third kappa shape index (κ3) is 3.61. The number of carbonyl (C=O) groups excluding carboxylic acids is 1. The van der Waals surface area contributed by atoms with E-state index in [1.807, 2.05) is 6.07 Å². The maximum Gasteiger partial charge on any atom is 0.335 e. The molecule has 0 spiro atoms. The zero-order chi connectivity index (χ0) is 15.4. The first-order chi connectivity index (χ1) is 10.0. The Hall–Kier alpha value is -2.34. The largest absolute Gasteiger partial charge is 0.495 e. The van der Waals surface area contributed by atoms with Crippen molar-refractivity contribution in [2.24, 2.45) is 0 Å². The molecule has 2 N–H and O–H groups in total. The van der Waals surface area contributed by atoms with Crippen molar-refractivity contribution in [1.82, 2.24) is 0 Å². The number of carbonyl (C=O) groups is 2. The summed E-state index contributed by atoms with van der Waals surface area (Å²) in [6.07, 6.45) is 0. The molecule has 0 aliphatic heterocycles. The molecule has 0 aliphatic rings. The first-order valence-corrected chi connectivity index (χ1v) is 6.79. The molecule has 108 valence electrons. The summed E-state index contributed by atoms with van der Waals surface area (Å²) >= 11 is 3.29. The number of halogens is 1. The summed E-state index contributed by atoms with van der Waals surface area (Å²) in [6, 6.07) is 11.1. The summed E-state index contributed by atoms with van der Waals surface area (Å²) in [5.41, 5.74) is 0.829. The van der Waals surface area contributed by atoms with Gasteiger partial charge in [0.25, 0.3) is 5.91 Å². The van der Waals surface area contributed by atoms with Crippen molar-refractivity contribution in [2.45, 2.75) is 0 Å². The van der Waals surface area contributed by atoms with E-state index in [0.29, 0.717) is 17.0 Å². The van der Waals surface area contributed by atoms with Crippen LogP contribution in [0.3, 0.4) is 0 Å². The zero-order valence-corrected chi connectivity index (χ0v) is 12.7. The Labute approximate surface area is 129 Å². The lowest BCUT2D eigenvalue weighted by molar-refractivity contribution is 0.0696. The minimum Gasteiger partial charge on any atom is -0.495 e. The monoisotopic (exact) mass is 349 g/mol. The van der Waals surface area contributed by atoms with Crippen LogP contribution in [0, 0.1) is 0 Å². The molecule has 0 atom stereocenters. The zero-order valence-electron chi connectivity index (χ0n) is 11.1. The van der Waals surface area contributed by atoms with Gasteiger partial charge in [-0.2, -0.15) is 0 Å². The molecule has 0 unspecified atom stereocenters. The smallest absolute Gasteiger partial charge is 0.335 e. The first kappa shape index (κ1) is 15.1. The van der Waals surface area contributed by atoms with Crippen LogP contribution in [-0.2, 0) is 0 Å². The van der Waals surface area contributed by atoms with Gasteiger partial charge in [0.05, 0.1) is 18.4 Å². The molecule has 0 saturated heterocycles. The van der Waals surface area contributed by atoms with E-state index in [0.717, 1.165) is 4.47 Å². The maximum atomic E-state index is 12.2. The van der Waals surface area contributed by atoms with Gasteiger partial charge in [-0.05, 0) is 36.4 Å². The third-order valence-corrected chi connectivity index (χ3v) is 3.27. The Bertz CT molecular complexity index is 700. The van der Waals surface area contributed by atoms with E-state index < -0.39 is 5.97 Å². The van der Waals surface area contributed by atoms with Crippen molar-refractivity contribution in [3.8, 4) is 5.75 Å². The number of ether oxygens (including phenoxy) is 1. The number of rotatable bonds is 4. The highest BCUT2D eigenvalue weighted by Crippen LogP contribution is 2.26. The first-order valence-electron chi connectivity index (χ1n) is 5.99. The second kappa shape index (κ2) is 6.41. The minimum atomic E-state index is -1.07. The van der Waals surface area contributed by atoms with Crippen molar-refractivity contribution in [2.75, 3.05) is 12.4 Å². The Morgan fingerprint density at radius 3 is 2.52 bits per heavy atom. The van der Waals surface area contributed by atoms with Gasteiger partial charge in [-0.3, -0.25) is 4.79 Å². The molecule has 0 saturated carbocycles. The summed E-state index contributed by atoms with van der Waals surface area (Å²) in [6.45, 7) is 0. The van der Waals surface area contributed by atoms with Crippen LogP contribution >= 0.6 is 15.9 Å². The van der Waals surface area contributed by atoms with E-state index in [4.69, 9.17) is 9.84 Å². The Morgan fingerprint density at radius 1 is 1.14 bits per heavy atom. The number of benzene rings is 2. The molecular formula is C15H12BrNO4. The van der Waals surface area contributed by atoms with E-state index in [2.05, 4.69) is 21.2 Å². The van der Waals surface area contributed by atoms with Crippen LogP contribution in [0.25, 0.3) is 0 Å². The number of aromatic carboxylic acids is 1. The van der Waals surface area contributed by atoms with Crippen molar-refractivity contribution in [3.63, 3.8) is 0 Å². The quantitative estimate of drug-likeness (QED) is 0.886. The average molecular weight is 350 g/mol. The van der Waals surface area contributed by atoms with Gasteiger partial charge in [0.2, 0.25) is 0 Å². The lowest BCUT2D eigenvalue weighted by Gasteiger charge is -2.11. The van der Waals surface area contributed by atoms with Crippen LogP contribution in [-0.4, -0.2) is 24.1 Å². The fourth-order valence-electron chi connectivity index (χ4n) is 1.76. The van der Waals surface area contributed by atoms with Crippen LogP contribution in [0.2, 0.25) is 0 Å². The number of hydrogen-bond acceptors (Lipinski definition) is 3. The summed E-state index contributed by atoms with van der Waals surface area (Å²) in [4.78, 5) is 23.2. The Kier molecular flexibility index (Phi) is 4.59. The Morgan fingerprint density at radius 2 is 1.90 bits per heavy atom. The van der Waals surface area contributed by atoms with E-state index in [1.54, 1.807) is 18.2 Å². The molecular weight excluding hydrogens is 338 g/mol. The van der Waals surface area contributed by atoms with E-state index >= 15 is 0 Å². The lowest BCUT2D eigenvalue weighted by Crippen LogP contribution is -2.13. The molecule has 0 heterocycles. The topological polar surface area (TPSA) is 75.6 Å². The summed E-state index contributed by atoms with van der Waals surface area (Å²) in [7, 11) is 1.45. The number of anilines is 1. The van der Waals surface area contributed by atoms with E-state index in [9.17, 15) is 9.59 Å². The number of carboxylic acids is 1. The minimum absolute atomic E-state index is 0.0698. The van der Waals surface area contributed by atoms with Crippen LogP contribution in [0.4, 0.5) is 5.69 Å². The average Bonchev–Trinajstić information content (AvgIpc) is 2.47. The second-order valence-corrected chi connectivity index (χ2v) is 5.10. The summed E-state index contributed by atoms with van der Waals surface area (Å²) in [5, 5.41) is 11.7. The van der Waals surface area contributed by atoms with E-state index in [-0.39, 0.29) is 11.5 Å². The number of methoxy groups -OCH3 is 1. The molecule has 21 heavy (non-hydrogen) atoms. The highest BCUT2D eigenvalue weighted by Gasteiger charge is 2.13. The maximum absolute atomic E-state index is 12.2. The van der Waals surface area contributed by atoms with Gasteiger partial charge in [-0.1, -0.05) is 22.0 Å². The molecule has 0 aromatic heterocycles. The molecule has 0 bridgehead atoms. The normalized spacial score (nSPS) is 10.0. The molecule has 2 aromatic carbocycles. The van der Waals surface area contributed by atoms with Gasteiger partial charge in [-0.25, -0.2) is 4.79 Å². The van der Waals surface area contributed by atoms with Gasteiger partial charge in [0.1, 0.15) is 5.75 Å². The summed E-state index contributed by atoms with van der Waals surface area (Å²) in [5.74, 6) is -1.03. The predicted octanol–water partition coefficient (Wildman–Crippen LogP) is 3.41. The number of amides is 1. The van der Waals surface area contributed by atoms with Crippen LogP contribution < -0.4 is 10.1 Å². The molecule has 1 amide bonds. The molecule has 0 fully saturated rings. The predicted molar refractivity (Wildman–Crippen MR) is 82.0 cm³/mol. The standard InChI is InChI=1S/C15H12BrNO4/c1-21-13-6-5-10(15(19)20)8-12(13)17-14(18)9-3-2-4-11(16)7-9/h2-8H,1H3,(H,17,18)(H,19,20). The molecule has 6 heteroatoms. The SMILES string of the molecule is COc1ccc(C(=O)O)cc1NC(=O)c1cccc(Br)c1. The van der Waals surface area contributed by atoms with Crippen LogP contribution in [0.5, 0.6) is 5.75 Å². The van der Waals surface area contributed by atoms with Crippen LogP contribution in [0.1, 0.15) is 20.7 Å². The second-order valence-electron chi connectivity index (χ2n) is 4.18. The van der Waals surface area contributed by atoms with Gasteiger partial charge in [-0.15, -0.1) is 0 Å². The molecule has 5 nitrogen and oxygen atoms in total. The molecule has 0 radical (unpaired) electrons. The lowest BCUT2D eigenvalue weighted by atomic mass is 10.1. The molecule has 2 rings (SSSR count). The molecule has 2 aromatic rings. The van der Waals surface area contributed by atoms with Gasteiger partial charge >= 0.3 is 5.97 Å². The number of hydrogen-bond donors (Lipinski definition) is 2. The van der Waals surface area contributed by atoms with Gasteiger partial charge in [0.15, 0.2) is 0 Å². The van der Waals surface area contributed by atoms with Crippen molar-refractivity contribution in [1.29, 1.82) is 0 Å². The van der Waals surface area contributed by atoms with Crippen molar-refractivity contribution < 1.29 is 19.4 Å². The fourth-order valence-corrected chi connectivity index (χ4v) is 2.16. The highest BCUT2D eigenvalue weighted by molar-refractivity contribution is 9.10. The molecule has 0 aliphatic carbocycles. The van der Waals surface area contributed by atoms with Crippen molar-refractivity contribution in [3.05, 3.63) is 58.1 Å². The fraction of sp³-hybridized carbons (Fsp3) is 0.0667. The Balaban J connectivity index is 2.31. The highest BCUT2D eigenvalue weighted by atomic mass is 79.9. The van der Waals surface area contributed by atoms with Crippen molar-refractivity contribution >= 4 is 33.5 Å². The van der Waals surface area contributed by atoms with Gasteiger partial charge < -0.3 is 15.2 Å². The van der Waals surface area contributed by atoms with E-state index in [1.165, 1.54) is 25.3 Å².